The molecule has 0 amide bonds. The van der Waals surface area contributed by atoms with Crippen molar-refractivity contribution >= 4 is 21.1 Å². The van der Waals surface area contributed by atoms with Crippen molar-refractivity contribution in [3.8, 4) is 0 Å². The van der Waals surface area contributed by atoms with E-state index in [-0.39, 0.29) is 0 Å². The number of nitrogens with zero attached hydrogens (tertiary/aromatic N) is 4. The van der Waals surface area contributed by atoms with E-state index in [0.29, 0.717) is 31.2 Å². The van der Waals surface area contributed by atoms with Crippen molar-refractivity contribution in [1.29, 1.82) is 0 Å². The highest BCUT2D eigenvalue weighted by Crippen LogP contribution is 2.24. The first kappa shape index (κ1) is 20.3. The molecule has 1 aliphatic heterocycles. The lowest BCUT2D eigenvalue weighted by Gasteiger charge is -2.26. The molecule has 0 spiro atoms. The zero-order chi connectivity index (χ0) is 19.4. The number of benzene rings is 1. The number of morpholine rings is 1. The van der Waals surface area contributed by atoms with Crippen molar-refractivity contribution in [2.75, 3.05) is 39.9 Å². The van der Waals surface area contributed by atoms with Gasteiger partial charge >= 0.3 is 0 Å². The van der Waals surface area contributed by atoms with Crippen LogP contribution in [-0.4, -0.2) is 67.1 Å². The summed E-state index contributed by atoms with van der Waals surface area (Å²) in [6.45, 7) is 8.56. The number of hydrogen-bond donors (Lipinski definition) is 0. The Hall–Kier alpha value is -1.48. The van der Waals surface area contributed by atoms with Crippen LogP contribution in [0, 0.1) is 0 Å². The largest absolute Gasteiger partial charge is 0.379 e. The van der Waals surface area contributed by atoms with Crippen LogP contribution in [0.25, 0.3) is 11.0 Å². The minimum Gasteiger partial charge on any atom is -0.379 e. The minimum absolute atomic E-state index is 0.309. The molecule has 1 aliphatic rings. The molecule has 0 N–H and O–H groups in total. The summed E-state index contributed by atoms with van der Waals surface area (Å²) in [6.07, 6.45) is 2.32. The summed E-state index contributed by atoms with van der Waals surface area (Å²) in [5.74, 6) is 0.979. The monoisotopic (exact) mass is 394 g/mol. The fourth-order valence-corrected chi connectivity index (χ4v) is 4.91. The summed E-state index contributed by atoms with van der Waals surface area (Å²) in [6, 6.07) is 5.29. The van der Waals surface area contributed by atoms with E-state index >= 15 is 0 Å². The van der Waals surface area contributed by atoms with Crippen molar-refractivity contribution in [1.82, 2.24) is 18.8 Å². The number of ether oxygens (including phenoxy) is 1. The molecule has 3 rings (SSSR count). The summed E-state index contributed by atoms with van der Waals surface area (Å²) in [4.78, 5) is 7.34. The van der Waals surface area contributed by atoms with Crippen molar-refractivity contribution < 1.29 is 13.2 Å². The summed E-state index contributed by atoms with van der Waals surface area (Å²) in [7, 11) is -1.40. The number of sulfonamides is 1. The van der Waals surface area contributed by atoms with Gasteiger partial charge in [-0.15, -0.1) is 0 Å². The Labute approximate surface area is 162 Å². The van der Waals surface area contributed by atoms with Crippen molar-refractivity contribution in [3.05, 3.63) is 24.0 Å². The molecule has 0 saturated carbocycles. The molecular formula is C19H30N4O3S. The molecule has 0 unspecified atom stereocenters. The van der Waals surface area contributed by atoms with E-state index < -0.39 is 10.0 Å². The summed E-state index contributed by atoms with van der Waals surface area (Å²) < 4.78 is 34.8. The van der Waals surface area contributed by atoms with Gasteiger partial charge in [0.2, 0.25) is 10.0 Å². The van der Waals surface area contributed by atoms with E-state index in [1.807, 2.05) is 6.07 Å². The number of aryl methyl sites for hydroxylation is 1. The van der Waals surface area contributed by atoms with Crippen LogP contribution in [0.4, 0.5) is 0 Å². The van der Waals surface area contributed by atoms with Crippen molar-refractivity contribution in [3.63, 3.8) is 0 Å². The number of fused-ring (bicyclic) bond motifs is 1. The first-order valence-corrected chi connectivity index (χ1v) is 11.2. The van der Waals surface area contributed by atoms with Crippen LogP contribution in [0.1, 0.15) is 32.5 Å². The molecule has 2 aromatic rings. The van der Waals surface area contributed by atoms with E-state index in [0.717, 1.165) is 49.3 Å². The zero-order valence-corrected chi connectivity index (χ0v) is 17.3. The molecule has 0 bridgehead atoms. The third-order valence-corrected chi connectivity index (χ3v) is 6.92. The van der Waals surface area contributed by atoms with Gasteiger partial charge in [0, 0.05) is 19.6 Å². The third-order valence-electron chi connectivity index (χ3n) is 5.03. The van der Waals surface area contributed by atoms with Gasteiger partial charge in [-0.25, -0.2) is 13.4 Å². The topological polar surface area (TPSA) is 67.7 Å². The first-order valence-electron chi connectivity index (χ1n) is 9.73. The smallest absolute Gasteiger partial charge is 0.243 e. The maximum atomic E-state index is 12.9. The van der Waals surface area contributed by atoms with Crippen LogP contribution in [0.15, 0.2) is 23.1 Å². The molecule has 2 heterocycles. The second-order valence-corrected chi connectivity index (χ2v) is 8.97. The lowest BCUT2D eigenvalue weighted by Crippen LogP contribution is -2.40. The molecule has 150 valence electrons. The number of rotatable bonds is 8. The molecule has 1 aromatic heterocycles. The third kappa shape index (κ3) is 4.34. The quantitative estimate of drug-likeness (QED) is 0.687. The van der Waals surface area contributed by atoms with Crippen LogP contribution in [0.2, 0.25) is 0 Å². The van der Waals surface area contributed by atoms with Gasteiger partial charge in [0.15, 0.2) is 0 Å². The molecule has 1 fully saturated rings. The van der Waals surface area contributed by atoms with Crippen LogP contribution >= 0.6 is 0 Å². The van der Waals surface area contributed by atoms with Crippen molar-refractivity contribution in [2.45, 2.75) is 44.7 Å². The summed E-state index contributed by atoms with van der Waals surface area (Å²) >= 11 is 0. The number of unbranched alkanes of at least 4 members (excludes halogenated alkanes) is 1. The lowest BCUT2D eigenvalue weighted by atomic mass is 10.3. The molecule has 8 heteroatoms. The van der Waals surface area contributed by atoms with E-state index in [1.54, 1.807) is 12.1 Å². The second-order valence-electron chi connectivity index (χ2n) is 7.03. The summed E-state index contributed by atoms with van der Waals surface area (Å²) in [5.41, 5.74) is 1.72. The van der Waals surface area contributed by atoms with E-state index in [1.165, 1.54) is 4.31 Å². The number of aromatic nitrogens is 2. The highest BCUT2D eigenvalue weighted by atomic mass is 32.2. The van der Waals surface area contributed by atoms with Crippen LogP contribution in [-0.2, 0) is 27.8 Å². The molecule has 1 saturated heterocycles. The van der Waals surface area contributed by atoms with E-state index in [4.69, 9.17) is 9.72 Å². The normalized spacial score (nSPS) is 16.4. The highest BCUT2D eigenvalue weighted by molar-refractivity contribution is 7.89. The van der Waals surface area contributed by atoms with Crippen LogP contribution in [0.5, 0.6) is 0 Å². The fourth-order valence-electron chi connectivity index (χ4n) is 3.48. The van der Waals surface area contributed by atoms with Gasteiger partial charge in [-0.05, 0) is 45.1 Å². The predicted molar refractivity (Wildman–Crippen MR) is 106 cm³/mol. The molecule has 7 nitrogen and oxygen atoms in total. The molecular weight excluding hydrogens is 364 g/mol. The Kier molecular flexibility index (Phi) is 6.52. The molecule has 0 aliphatic carbocycles. The average Bonchev–Trinajstić information content (AvgIpc) is 3.03. The summed E-state index contributed by atoms with van der Waals surface area (Å²) in [5, 5.41) is 0. The van der Waals surface area contributed by atoms with Crippen molar-refractivity contribution in [2.24, 2.45) is 0 Å². The standard InChI is InChI=1S/C19H30N4O3S/c1-4-6-9-21(3)15-19-20-17-14-16(7-8-18(17)23(19)5-2)27(24,25)22-10-12-26-13-11-22/h7-8,14H,4-6,9-13,15H2,1-3H3. The Bertz CT molecular complexity index is 872. The SMILES string of the molecule is CCCCN(C)Cc1nc2cc(S(=O)(=O)N3CCOCC3)ccc2n1CC. The van der Waals surface area contributed by atoms with E-state index in [2.05, 4.69) is 30.4 Å². The Morgan fingerprint density at radius 2 is 1.96 bits per heavy atom. The minimum atomic E-state index is -3.51. The molecule has 0 radical (unpaired) electrons. The Morgan fingerprint density at radius 3 is 2.63 bits per heavy atom. The maximum Gasteiger partial charge on any atom is 0.243 e. The maximum absolute atomic E-state index is 12.9. The van der Waals surface area contributed by atoms with Gasteiger partial charge < -0.3 is 9.30 Å². The van der Waals surface area contributed by atoms with Crippen LogP contribution < -0.4 is 0 Å². The average molecular weight is 395 g/mol. The molecule has 0 atom stereocenters. The zero-order valence-electron chi connectivity index (χ0n) is 16.5. The fraction of sp³-hybridized carbons (Fsp3) is 0.632. The number of hydrogen-bond acceptors (Lipinski definition) is 5. The van der Waals surface area contributed by atoms with Gasteiger partial charge in [-0.2, -0.15) is 4.31 Å². The highest BCUT2D eigenvalue weighted by Gasteiger charge is 2.27. The van der Waals surface area contributed by atoms with Gasteiger partial charge in [-0.3, -0.25) is 4.90 Å². The molecule has 1 aromatic carbocycles. The second kappa shape index (κ2) is 8.68. The molecule has 27 heavy (non-hydrogen) atoms. The van der Waals surface area contributed by atoms with Gasteiger partial charge in [0.25, 0.3) is 0 Å². The lowest BCUT2D eigenvalue weighted by molar-refractivity contribution is 0.0730. The first-order chi connectivity index (χ1) is 13.0. The number of imidazole rings is 1. The Morgan fingerprint density at radius 1 is 1.22 bits per heavy atom. The van der Waals surface area contributed by atoms with Gasteiger partial charge in [0.05, 0.1) is 35.7 Å². The Balaban J connectivity index is 1.91. The van der Waals surface area contributed by atoms with Gasteiger partial charge in [0.1, 0.15) is 5.82 Å². The predicted octanol–water partition coefficient (Wildman–Crippen LogP) is 2.31. The van der Waals surface area contributed by atoms with Gasteiger partial charge in [-0.1, -0.05) is 13.3 Å². The van der Waals surface area contributed by atoms with Crippen LogP contribution in [0.3, 0.4) is 0 Å². The van der Waals surface area contributed by atoms with E-state index in [9.17, 15) is 8.42 Å².